The van der Waals surface area contributed by atoms with Crippen LogP contribution in [0.4, 0.5) is 13.2 Å². The number of alkyl halides is 3. The van der Waals surface area contributed by atoms with Gasteiger partial charge in [0.15, 0.2) is 5.56 Å². The van der Waals surface area contributed by atoms with Gasteiger partial charge in [-0.15, -0.1) is 5.10 Å². The summed E-state index contributed by atoms with van der Waals surface area (Å²) >= 11 is 2.92. The lowest BCUT2D eigenvalue weighted by Crippen LogP contribution is -2.24. The minimum atomic E-state index is -4.78. The Morgan fingerprint density at radius 2 is 1.94 bits per heavy atom. The molecule has 34 heavy (non-hydrogen) atoms. The van der Waals surface area contributed by atoms with Gasteiger partial charge in [-0.3, -0.25) is 4.68 Å². The van der Waals surface area contributed by atoms with E-state index in [0.717, 1.165) is 4.68 Å². The number of hydrogen-bond acceptors (Lipinski definition) is 7. The van der Waals surface area contributed by atoms with Crippen molar-refractivity contribution in [3.8, 4) is 5.88 Å². The predicted octanol–water partition coefficient (Wildman–Crippen LogP) is 4.19. The van der Waals surface area contributed by atoms with Crippen LogP contribution in [0.15, 0.2) is 35.1 Å². The molecule has 0 saturated heterocycles. The Labute approximate surface area is 203 Å². The first-order valence-corrected chi connectivity index (χ1v) is 10.9. The fourth-order valence-electron chi connectivity index (χ4n) is 2.94. The number of methoxy groups -OCH3 is 2. The van der Waals surface area contributed by atoms with Crippen LogP contribution in [0.3, 0.4) is 0 Å². The number of nitrogens with zero attached hydrogens (tertiary/aromatic N) is 2. The number of rotatable bonds is 11. The molecule has 0 bridgehead atoms. The number of benzene rings is 1. The van der Waals surface area contributed by atoms with Crippen molar-refractivity contribution in [3.63, 3.8) is 0 Å². The molecule has 188 valence electrons. The quantitative estimate of drug-likeness (QED) is 0.255. The zero-order chi connectivity index (χ0) is 25.5. The number of carbonyl (C=O) groups is 1. The van der Waals surface area contributed by atoms with E-state index in [-0.39, 0.29) is 36.0 Å². The van der Waals surface area contributed by atoms with Crippen LogP contribution in [0.5, 0.6) is 5.88 Å². The van der Waals surface area contributed by atoms with E-state index < -0.39 is 29.7 Å². The Morgan fingerprint density at radius 1 is 1.26 bits per heavy atom. The Balaban J connectivity index is 2.34. The molecule has 2 rings (SSSR count). The zero-order valence-electron chi connectivity index (χ0n) is 19.1. The van der Waals surface area contributed by atoms with Crippen molar-refractivity contribution < 1.29 is 42.0 Å². The van der Waals surface area contributed by atoms with Crippen LogP contribution in [0.1, 0.15) is 30.5 Å². The largest absolute Gasteiger partial charge is 0.503 e. The van der Waals surface area contributed by atoms with Crippen LogP contribution in [0.25, 0.3) is 5.57 Å². The number of aliphatic hydroxyl groups is 1. The third kappa shape index (κ3) is 7.21. The second-order valence-corrected chi connectivity index (χ2v) is 8.14. The molecule has 1 atom stereocenters. The highest BCUT2D eigenvalue weighted by Gasteiger charge is 2.41. The van der Waals surface area contributed by atoms with Crippen molar-refractivity contribution in [2.75, 3.05) is 20.8 Å². The predicted molar refractivity (Wildman–Crippen MR) is 120 cm³/mol. The summed E-state index contributed by atoms with van der Waals surface area (Å²) in [4.78, 5) is 12.1. The maximum Gasteiger partial charge on any atom is 0.424 e. The number of ether oxygens (including phenoxy) is 4. The molecule has 1 heterocycles. The first-order chi connectivity index (χ1) is 16.0. The third-order valence-electron chi connectivity index (χ3n) is 4.46. The summed E-state index contributed by atoms with van der Waals surface area (Å²) in [6.45, 7) is 2.89. The maximum absolute atomic E-state index is 13.8. The van der Waals surface area contributed by atoms with Gasteiger partial charge < -0.3 is 24.1 Å². The number of aliphatic hydroxyl groups excluding tert-OH is 1. The van der Waals surface area contributed by atoms with Crippen LogP contribution in [-0.4, -0.2) is 53.9 Å². The minimum Gasteiger partial charge on any atom is -0.503 e. The molecule has 0 aliphatic heterocycles. The zero-order valence-corrected chi connectivity index (χ0v) is 20.6. The fourth-order valence-corrected chi connectivity index (χ4v) is 3.56. The molecule has 0 aliphatic rings. The smallest absolute Gasteiger partial charge is 0.424 e. The van der Waals surface area contributed by atoms with Gasteiger partial charge in [-0.05, 0) is 40.9 Å². The summed E-state index contributed by atoms with van der Waals surface area (Å²) in [6.07, 6.45) is -4.84. The second-order valence-electron chi connectivity index (χ2n) is 7.39. The highest BCUT2D eigenvalue weighted by molar-refractivity contribution is 9.10. The highest BCUT2D eigenvalue weighted by atomic mass is 79.9. The van der Waals surface area contributed by atoms with E-state index >= 15 is 0 Å². The molecule has 1 aromatic carbocycles. The van der Waals surface area contributed by atoms with Gasteiger partial charge in [0.05, 0.1) is 45.8 Å². The molecular formula is C22H26BrF3N2O6. The summed E-state index contributed by atoms with van der Waals surface area (Å²) in [5, 5.41) is 14.0. The van der Waals surface area contributed by atoms with E-state index in [9.17, 15) is 23.1 Å². The van der Waals surface area contributed by atoms with Gasteiger partial charge in [-0.25, -0.2) is 4.79 Å². The Bertz CT molecular complexity index is 1010. The van der Waals surface area contributed by atoms with Crippen molar-refractivity contribution in [2.45, 2.75) is 45.4 Å². The average Bonchev–Trinajstić information content (AvgIpc) is 3.09. The molecule has 1 N–H and O–H groups in total. The van der Waals surface area contributed by atoms with Crippen LogP contribution >= 0.6 is 15.9 Å². The van der Waals surface area contributed by atoms with Gasteiger partial charge in [0, 0.05) is 0 Å². The Kier molecular flexibility index (Phi) is 9.95. The van der Waals surface area contributed by atoms with Crippen LogP contribution in [-0.2, 0) is 38.3 Å². The molecule has 1 unspecified atom stereocenters. The molecule has 0 saturated carbocycles. The third-order valence-corrected chi connectivity index (χ3v) is 5.27. The van der Waals surface area contributed by atoms with E-state index in [2.05, 4.69) is 21.0 Å². The fraction of sp³-hybridized carbons (Fsp3) is 0.455. The minimum absolute atomic E-state index is 0.0697. The highest BCUT2D eigenvalue weighted by Crippen LogP contribution is 2.41. The van der Waals surface area contributed by atoms with Gasteiger partial charge in [0.2, 0.25) is 5.88 Å². The van der Waals surface area contributed by atoms with E-state index in [1.54, 1.807) is 38.1 Å². The Morgan fingerprint density at radius 3 is 2.53 bits per heavy atom. The molecule has 2 aromatic rings. The van der Waals surface area contributed by atoms with Crippen molar-refractivity contribution >= 4 is 27.5 Å². The molecule has 0 amide bonds. The first-order valence-electron chi connectivity index (χ1n) is 10.1. The molecule has 8 nitrogen and oxygen atoms in total. The van der Waals surface area contributed by atoms with Crippen molar-refractivity contribution in [3.05, 3.63) is 51.8 Å². The van der Waals surface area contributed by atoms with Crippen molar-refractivity contribution in [1.82, 2.24) is 9.78 Å². The molecule has 0 fully saturated rings. The van der Waals surface area contributed by atoms with E-state index in [1.165, 1.54) is 20.5 Å². The molecule has 0 aliphatic carbocycles. The van der Waals surface area contributed by atoms with Crippen molar-refractivity contribution in [1.29, 1.82) is 0 Å². The lowest BCUT2D eigenvalue weighted by atomic mass is 10.0. The van der Waals surface area contributed by atoms with Gasteiger partial charge in [-0.2, -0.15) is 13.2 Å². The SMILES string of the molecule is CO/C=C(/C(=O)OC)c1ccccc1COc1nn(CC(O)COC(C)C)c(Br)c1C(F)(F)F. The molecule has 12 heteroatoms. The Hall–Kier alpha value is -2.57. The standard InChI is InChI=1S/C22H26BrF3N2O6/c1-13(2)33-11-15(29)9-28-19(23)18(22(24,25)26)20(27-28)34-10-14-7-5-6-8-16(14)17(12-31-3)21(30)32-4/h5-8,12-13,15,29H,9-11H2,1-4H3/b17-12+. The maximum atomic E-state index is 13.8. The van der Waals surface area contributed by atoms with Crippen LogP contribution in [0.2, 0.25) is 0 Å². The number of halogens is 4. The second kappa shape index (κ2) is 12.2. The van der Waals surface area contributed by atoms with Gasteiger partial charge in [0.1, 0.15) is 16.8 Å². The van der Waals surface area contributed by atoms with E-state index in [1.807, 2.05) is 0 Å². The summed E-state index contributed by atoms with van der Waals surface area (Å²) < 4.78 is 62.3. The lowest BCUT2D eigenvalue weighted by molar-refractivity contribution is -0.139. The topological polar surface area (TPSA) is 92.0 Å². The number of carbonyl (C=O) groups excluding carboxylic acids is 1. The first kappa shape index (κ1) is 27.7. The lowest BCUT2D eigenvalue weighted by Gasteiger charge is -2.14. The molecule has 1 aromatic heterocycles. The molecule has 0 spiro atoms. The van der Waals surface area contributed by atoms with Gasteiger partial charge in [0.25, 0.3) is 0 Å². The normalized spacial score (nSPS) is 13.2. The summed E-state index contributed by atoms with van der Waals surface area (Å²) in [5.74, 6) is -1.36. The van der Waals surface area contributed by atoms with E-state index in [4.69, 9.17) is 18.9 Å². The van der Waals surface area contributed by atoms with Gasteiger partial charge in [-0.1, -0.05) is 24.3 Å². The monoisotopic (exact) mass is 550 g/mol. The van der Waals surface area contributed by atoms with Crippen molar-refractivity contribution in [2.24, 2.45) is 0 Å². The number of esters is 1. The van der Waals surface area contributed by atoms with Crippen LogP contribution < -0.4 is 4.74 Å². The summed E-state index contributed by atoms with van der Waals surface area (Å²) in [6, 6.07) is 6.48. The van der Waals surface area contributed by atoms with E-state index in [0.29, 0.717) is 11.1 Å². The summed E-state index contributed by atoms with van der Waals surface area (Å²) in [5.41, 5.74) is -0.285. The number of hydrogen-bond donors (Lipinski definition) is 1. The van der Waals surface area contributed by atoms with Crippen LogP contribution in [0, 0.1) is 0 Å². The molecule has 0 radical (unpaired) electrons. The number of aromatic nitrogens is 2. The average molecular weight is 551 g/mol. The van der Waals surface area contributed by atoms with Gasteiger partial charge >= 0.3 is 12.1 Å². The molecular weight excluding hydrogens is 525 g/mol. The summed E-state index contributed by atoms with van der Waals surface area (Å²) in [7, 11) is 2.55.